The van der Waals surface area contributed by atoms with Crippen LogP contribution in [0, 0.1) is 5.92 Å². The van der Waals surface area contributed by atoms with Crippen LogP contribution in [0.15, 0.2) is 60.7 Å². The van der Waals surface area contributed by atoms with Crippen LogP contribution in [0.1, 0.15) is 58.7 Å². The molecule has 0 aliphatic heterocycles. The van der Waals surface area contributed by atoms with Crippen LogP contribution in [0.25, 0.3) is 0 Å². The molecule has 0 amide bonds. The second-order valence-electron chi connectivity index (χ2n) is 8.31. The van der Waals surface area contributed by atoms with Gasteiger partial charge in [0, 0.05) is 18.6 Å². The standard InChI is InChI=1S/C24H33NO2/c1-18(23(26)27-24(4,5)6)19(2)25(17-21-13-9-7-10-14-21)20(3)22-15-11-8-12-16-22/h7-16,18-20H,17H2,1-6H3/t18-,19+,20+/m0/s1. The highest BCUT2D eigenvalue weighted by atomic mass is 16.6. The fourth-order valence-corrected chi connectivity index (χ4v) is 3.23. The summed E-state index contributed by atoms with van der Waals surface area (Å²) in [7, 11) is 0. The molecule has 2 rings (SSSR count). The number of carbonyl (C=O) groups is 1. The lowest BCUT2D eigenvalue weighted by molar-refractivity contribution is -0.162. The number of hydrogen-bond acceptors (Lipinski definition) is 3. The Morgan fingerprint density at radius 1 is 0.926 bits per heavy atom. The van der Waals surface area contributed by atoms with Crippen molar-refractivity contribution in [2.75, 3.05) is 0 Å². The zero-order valence-electron chi connectivity index (χ0n) is 17.5. The molecule has 3 heteroatoms. The lowest BCUT2D eigenvalue weighted by Gasteiger charge is -2.38. The van der Waals surface area contributed by atoms with Gasteiger partial charge in [0.05, 0.1) is 5.92 Å². The number of hydrogen-bond donors (Lipinski definition) is 0. The fourth-order valence-electron chi connectivity index (χ4n) is 3.23. The number of esters is 1. The summed E-state index contributed by atoms with van der Waals surface area (Å²) in [5, 5.41) is 0. The Bertz CT molecular complexity index is 706. The number of ether oxygens (including phenoxy) is 1. The highest BCUT2D eigenvalue weighted by Gasteiger charge is 2.32. The Morgan fingerprint density at radius 3 is 1.96 bits per heavy atom. The Balaban J connectivity index is 2.26. The van der Waals surface area contributed by atoms with Gasteiger partial charge in [0.15, 0.2) is 0 Å². The van der Waals surface area contributed by atoms with Crippen molar-refractivity contribution in [2.45, 2.75) is 65.8 Å². The van der Waals surface area contributed by atoms with Gasteiger partial charge in [-0.3, -0.25) is 9.69 Å². The highest BCUT2D eigenvalue weighted by Crippen LogP contribution is 2.28. The summed E-state index contributed by atoms with van der Waals surface area (Å²) in [6.07, 6.45) is 0. The molecule has 0 N–H and O–H groups in total. The molecular formula is C24H33NO2. The molecule has 2 aromatic rings. The van der Waals surface area contributed by atoms with E-state index in [0.29, 0.717) is 0 Å². The van der Waals surface area contributed by atoms with Crippen molar-refractivity contribution in [3.63, 3.8) is 0 Å². The maximum absolute atomic E-state index is 12.7. The first-order valence-corrected chi connectivity index (χ1v) is 9.76. The van der Waals surface area contributed by atoms with Gasteiger partial charge in [-0.25, -0.2) is 0 Å². The lowest BCUT2D eigenvalue weighted by Crippen LogP contribution is -2.43. The van der Waals surface area contributed by atoms with Crippen molar-refractivity contribution in [3.05, 3.63) is 71.8 Å². The normalized spacial score (nSPS) is 15.2. The largest absolute Gasteiger partial charge is 0.460 e. The Hall–Kier alpha value is -2.13. The molecule has 0 saturated heterocycles. The van der Waals surface area contributed by atoms with E-state index < -0.39 is 5.60 Å². The SMILES string of the molecule is C[C@H](C(=O)OC(C)(C)C)[C@@H](C)N(Cc1ccccc1)[C@H](C)c1ccccc1. The monoisotopic (exact) mass is 367 g/mol. The molecule has 0 aliphatic carbocycles. The first-order valence-electron chi connectivity index (χ1n) is 9.76. The topological polar surface area (TPSA) is 29.5 Å². The third-order valence-electron chi connectivity index (χ3n) is 5.01. The van der Waals surface area contributed by atoms with Crippen molar-refractivity contribution in [1.82, 2.24) is 4.90 Å². The van der Waals surface area contributed by atoms with E-state index in [2.05, 4.69) is 67.3 Å². The Morgan fingerprint density at radius 2 is 1.44 bits per heavy atom. The Labute approximate surface area is 164 Å². The first-order chi connectivity index (χ1) is 12.7. The van der Waals surface area contributed by atoms with Gasteiger partial charge in [0.2, 0.25) is 0 Å². The second-order valence-corrected chi connectivity index (χ2v) is 8.31. The van der Waals surface area contributed by atoms with E-state index in [1.165, 1.54) is 11.1 Å². The molecular weight excluding hydrogens is 334 g/mol. The van der Waals surface area contributed by atoms with Crippen molar-refractivity contribution < 1.29 is 9.53 Å². The summed E-state index contributed by atoms with van der Waals surface area (Å²) >= 11 is 0. The van der Waals surface area contributed by atoms with Gasteiger partial charge in [-0.1, -0.05) is 67.6 Å². The molecule has 0 radical (unpaired) electrons. The molecule has 0 unspecified atom stereocenters. The average molecular weight is 368 g/mol. The molecule has 3 atom stereocenters. The quantitative estimate of drug-likeness (QED) is 0.595. The summed E-state index contributed by atoms with van der Waals surface area (Å²) < 4.78 is 5.64. The minimum atomic E-state index is -0.472. The maximum atomic E-state index is 12.7. The van der Waals surface area contributed by atoms with Gasteiger partial charge < -0.3 is 4.74 Å². The van der Waals surface area contributed by atoms with Gasteiger partial charge in [0.25, 0.3) is 0 Å². The fraction of sp³-hybridized carbons (Fsp3) is 0.458. The second kappa shape index (κ2) is 9.18. The third-order valence-corrected chi connectivity index (χ3v) is 5.01. The van der Waals surface area contributed by atoms with Gasteiger partial charge in [-0.05, 0) is 45.7 Å². The minimum absolute atomic E-state index is 0.0373. The van der Waals surface area contributed by atoms with Crippen LogP contribution in [-0.2, 0) is 16.1 Å². The third kappa shape index (κ3) is 6.21. The molecule has 27 heavy (non-hydrogen) atoms. The first kappa shape index (κ1) is 21.2. The van der Waals surface area contributed by atoms with Crippen molar-refractivity contribution in [3.8, 4) is 0 Å². The summed E-state index contributed by atoms with van der Waals surface area (Å²) in [5.74, 6) is -0.368. The summed E-state index contributed by atoms with van der Waals surface area (Å²) in [6.45, 7) is 12.8. The van der Waals surface area contributed by atoms with Crippen molar-refractivity contribution in [1.29, 1.82) is 0 Å². The number of benzene rings is 2. The van der Waals surface area contributed by atoms with E-state index in [1.807, 2.05) is 39.8 Å². The van der Waals surface area contributed by atoms with Crippen LogP contribution in [0.5, 0.6) is 0 Å². The molecule has 2 aromatic carbocycles. The summed E-state index contributed by atoms with van der Waals surface area (Å²) in [4.78, 5) is 15.1. The average Bonchev–Trinajstić information content (AvgIpc) is 2.64. The smallest absolute Gasteiger partial charge is 0.310 e. The molecule has 0 spiro atoms. The van der Waals surface area contributed by atoms with E-state index in [0.717, 1.165) is 6.54 Å². The van der Waals surface area contributed by atoms with Crippen LogP contribution in [0.3, 0.4) is 0 Å². The lowest BCUT2D eigenvalue weighted by atomic mass is 9.96. The van der Waals surface area contributed by atoms with Gasteiger partial charge >= 0.3 is 5.97 Å². The van der Waals surface area contributed by atoms with Crippen molar-refractivity contribution in [2.24, 2.45) is 5.92 Å². The number of nitrogens with zero attached hydrogens (tertiary/aromatic N) is 1. The van der Waals surface area contributed by atoms with Crippen LogP contribution in [0.2, 0.25) is 0 Å². The summed E-state index contributed by atoms with van der Waals surface area (Å²) in [5.41, 5.74) is 2.01. The predicted octanol–water partition coefficient (Wildman–Crippen LogP) is 5.62. The molecule has 0 heterocycles. The van der Waals surface area contributed by atoms with E-state index in [-0.39, 0.29) is 24.0 Å². The zero-order valence-corrected chi connectivity index (χ0v) is 17.5. The zero-order chi connectivity index (χ0) is 20.0. The number of carbonyl (C=O) groups excluding carboxylic acids is 1. The van der Waals surface area contributed by atoms with Crippen LogP contribution in [-0.4, -0.2) is 22.5 Å². The maximum Gasteiger partial charge on any atom is 0.310 e. The number of rotatable bonds is 7. The summed E-state index contributed by atoms with van der Waals surface area (Å²) in [6, 6.07) is 21.1. The van der Waals surface area contributed by atoms with Crippen LogP contribution in [0.4, 0.5) is 0 Å². The van der Waals surface area contributed by atoms with Gasteiger partial charge in [0.1, 0.15) is 5.60 Å². The van der Waals surface area contributed by atoms with E-state index >= 15 is 0 Å². The van der Waals surface area contributed by atoms with E-state index in [1.54, 1.807) is 0 Å². The van der Waals surface area contributed by atoms with E-state index in [4.69, 9.17) is 4.74 Å². The van der Waals surface area contributed by atoms with Gasteiger partial charge in [-0.15, -0.1) is 0 Å². The van der Waals surface area contributed by atoms with Gasteiger partial charge in [-0.2, -0.15) is 0 Å². The molecule has 0 saturated carbocycles. The van der Waals surface area contributed by atoms with Crippen molar-refractivity contribution >= 4 is 5.97 Å². The molecule has 0 fully saturated rings. The highest BCUT2D eigenvalue weighted by molar-refractivity contribution is 5.73. The molecule has 0 aliphatic rings. The molecule has 0 aromatic heterocycles. The predicted molar refractivity (Wildman–Crippen MR) is 111 cm³/mol. The molecule has 0 bridgehead atoms. The molecule has 146 valence electrons. The Kier molecular flexibility index (Phi) is 7.20. The molecule has 3 nitrogen and oxygen atoms in total. The minimum Gasteiger partial charge on any atom is -0.460 e. The van der Waals surface area contributed by atoms with Crippen LogP contribution < -0.4 is 0 Å². The van der Waals surface area contributed by atoms with Crippen LogP contribution >= 0.6 is 0 Å². The van der Waals surface area contributed by atoms with E-state index in [9.17, 15) is 4.79 Å².